The molecule has 1 aromatic heterocycles. The average molecular weight is 505 g/mol. The van der Waals surface area contributed by atoms with Crippen molar-refractivity contribution in [2.45, 2.75) is 44.4 Å². The lowest BCUT2D eigenvalue weighted by Crippen LogP contribution is -2.33. The summed E-state index contributed by atoms with van der Waals surface area (Å²) in [6.45, 7) is 4.98. The molecular weight excluding hydrogens is 476 g/mol. The molecule has 0 unspecified atom stereocenters. The molecule has 0 fully saturated rings. The first-order valence-electron chi connectivity index (χ1n) is 11.1. The zero-order valence-electron chi connectivity index (χ0n) is 19.4. The molecule has 0 spiro atoms. The lowest BCUT2D eigenvalue weighted by molar-refractivity contribution is -0.384. The number of fused-ring (bicyclic) bond motifs is 1. The van der Waals surface area contributed by atoms with E-state index in [1.807, 2.05) is 13.8 Å². The second kappa shape index (κ2) is 11.0. The number of amides is 1. The zero-order chi connectivity index (χ0) is 24.9. The highest BCUT2D eigenvalue weighted by molar-refractivity contribution is 7.89. The predicted octanol–water partition coefficient (Wildman–Crippen LogP) is 4.48. The number of thiazole rings is 1. The molecule has 1 amide bonds. The zero-order valence-corrected chi connectivity index (χ0v) is 21.1. The molecule has 0 saturated carbocycles. The number of nitro benzene ring substituents is 1. The molecule has 0 aliphatic rings. The number of rotatable bonds is 10. The van der Waals surface area contributed by atoms with Crippen LogP contribution in [-0.2, 0) is 17.1 Å². The predicted molar refractivity (Wildman–Crippen MR) is 132 cm³/mol. The fourth-order valence-corrected chi connectivity index (χ4v) is 6.00. The van der Waals surface area contributed by atoms with Crippen LogP contribution in [0, 0.1) is 10.1 Å². The topological polar surface area (TPSA) is 115 Å². The maximum atomic E-state index is 13.1. The summed E-state index contributed by atoms with van der Waals surface area (Å²) in [6, 6.07) is 10.3. The van der Waals surface area contributed by atoms with Crippen LogP contribution in [-0.4, -0.2) is 41.2 Å². The van der Waals surface area contributed by atoms with Crippen molar-refractivity contribution >= 4 is 43.2 Å². The number of hydrogen-bond acceptors (Lipinski definition) is 6. The van der Waals surface area contributed by atoms with Crippen LogP contribution < -0.4 is 4.80 Å². The molecular formula is C23H28N4O5S2. The summed E-state index contributed by atoms with van der Waals surface area (Å²) < 4.78 is 30.1. The molecule has 9 nitrogen and oxygen atoms in total. The number of aryl methyl sites for hydroxylation is 1. The van der Waals surface area contributed by atoms with Crippen LogP contribution in [0.2, 0.25) is 0 Å². The average Bonchev–Trinajstić information content (AvgIpc) is 3.13. The number of carbonyl (C=O) groups is 1. The summed E-state index contributed by atoms with van der Waals surface area (Å²) in [6.07, 6.45) is 3.37. The number of hydrogen-bond donors (Lipinski definition) is 0. The number of non-ortho nitro benzene ring substituents is 1. The van der Waals surface area contributed by atoms with E-state index >= 15 is 0 Å². The van der Waals surface area contributed by atoms with E-state index in [0.29, 0.717) is 22.6 Å². The Morgan fingerprint density at radius 2 is 1.71 bits per heavy atom. The number of aromatic nitrogens is 1. The van der Waals surface area contributed by atoms with Crippen LogP contribution in [0.5, 0.6) is 0 Å². The summed E-state index contributed by atoms with van der Waals surface area (Å²) in [4.78, 5) is 28.0. The molecule has 182 valence electrons. The minimum atomic E-state index is -3.65. The Morgan fingerprint density at radius 3 is 2.26 bits per heavy atom. The quantitative estimate of drug-likeness (QED) is 0.298. The summed E-state index contributed by atoms with van der Waals surface area (Å²) in [7, 11) is -1.92. The van der Waals surface area contributed by atoms with Gasteiger partial charge in [-0.1, -0.05) is 38.0 Å². The first-order valence-corrected chi connectivity index (χ1v) is 13.4. The Labute approximate surface area is 202 Å². The number of benzene rings is 2. The van der Waals surface area contributed by atoms with Crippen LogP contribution in [0.3, 0.4) is 0 Å². The number of carbonyl (C=O) groups excluding carboxylic acids is 1. The third-order valence-electron chi connectivity index (χ3n) is 5.46. The molecule has 3 rings (SSSR count). The molecule has 0 bridgehead atoms. The Balaban J connectivity index is 1.88. The summed E-state index contributed by atoms with van der Waals surface area (Å²) in [5.41, 5.74) is 0.954. The molecule has 0 atom stereocenters. The Hall–Kier alpha value is -2.89. The van der Waals surface area contributed by atoms with Crippen molar-refractivity contribution in [2.24, 2.45) is 12.0 Å². The number of nitro groups is 1. The van der Waals surface area contributed by atoms with E-state index in [2.05, 4.69) is 4.99 Å². The van der Waals surface area contributed by atoms with Gasteiger partial charge in [-0.2, -0.15) is 9.30 Å². The second-order valence-corrected chi connectivity index (χ2v) is 10.9. The van der Waals surface area contributed by atoms with Crippen molar-refractivity contribution < 1.29 is 18.1 Å². The monoisotopic (exact) mass is 504 g/mol. The van der Waals surface area contributed by atoms with Gasteiger partial charge in [0.1, 0.15) is 0 Å². The lowest BCUT2D eigenvalue weighted by Gasteiger charge is -2.22. The lowest BCUT2D eigenvalue weighted by atomic mass is 10.2. The molecule has 2 aromatic carbocycles. The first-order chi connectivity index (χ1) is 16.2. The maximum Gasteiger partial charge on any atom is 0.279 e. The van der Waals surface area contributed by atoms with E-state index < -0.39 is 20.9 Å². The van der Waals surface area contributed by atoms with Gasteiger partial charge in [-0.15, -0.1) is 0 Å². The van der Waals surface area contributed by atoms with Gasteiger partial charge in [-0.25, -0.2) is 8.42 Å². The molecule has 1 heterocycles. The van der Waals surface area contributed by atoms with Crippen molar-refractivity contribution in [1.82, 2.24) is 8.87 Å². The van der Waals surface area contributed by atoms with Gasteiger partial charge < -0.3 is 4.57 Å². The minimum Gasteiger partial charge on any atom is -0.319 e. The Kier molecular flexibility index (Phi) is 8.34. The van der Waals surface area contributed by atoms with Gasteiger partial charge in [0.15, 0.2) is 4.80 Å². The van der Waals surface area contributed by atoms with E-state index in [1.165, 1.54) is 52.0 Å². The van der Waals surface area contributed by atoms with Crippen LogP contribution in [0.15, 0.2) is 52.4 Å². The third kappa shape index (κ3) is 5.60. The SMILES string of the molecule is CCCCN(CCCC)S(=O)(=O)c1ccc(C(=O)N=c2sc3cc([N+](=O)[O-])ccc3n2C)cc1. The molecule has 11 heteroatoms. The molecule has 3 aromatic rings. The molecule has 34 heavy (non-hydrogen) atoms. The van der Waals surface area contributed by atoms with Gasteiger partial charge in [0.05, 0.1) is 20.0 Å². The van der Waals surface area contributed by atoms with Crippen molar-refractivity contribution in [3.8, 4) is 0 Å². The fraction of sp³-hybridized carbons (Fsp3) is 0.391. The standard InChI is InChI=1S/C23H28N4O5S2/c1-4-6-14-26(15-7-5-2)34(31,32)19-11-8-17(9-12-19)22(28)24-23-25(3)20-13-10-18(27(29)30)16-21(20)33-23/h8-13,16H,4-7,14-15H2,1-3H3. The van der Waals surface area contributed by atoms with Gasteiger partial charge in [0, 0.05) is 37.8 Å². The Bertz CT molecular complexity index is 1350. The number of nitrogens with zero attached hydrogens (tertiary/aromatic N) is 4. The van der Waals surface area contributed by atoms with Gasteiger partial charge in [0.25, 0.3) is 11.6 Å². The van der Waals surface area contributed by atoms with E-state index in [4.69, 9.17) is 0 Å². The van der Waals surface area contributed by atoms with E-state index in [0.717, 1.165) is 31.2 Å². The van der Waals surface area contributed by atoms with Crippen LogP contribution in [0.25, 0.3) is 10.2 Å². The summed E-state index contributed by atoms with van der Waals surface area (Å²) in [5.74, 6) is -0.519. The van der Waals surface area contributed by atoms with Crippen LogP contribution >= 0.6 is 11.3 Å². The second-order valence-electron chi connectivity index (χ2n) is 7.91. The normalized spacial score (nSPS) is 12.5. The van der Waals surface area contributed by atoms with E-state index in [-0.39, 0.29) is 16.1 Å². The molecule has 0 N–H and O–H groups in total. The van der Waals surface area contributed by atoms with Gasteiger partial charge in [0.2, 0.25) is 10.0 Å². The molecule has 0 aliphatic carbocycles. The van der Waals surface area contributed by atoms with Crippen molar-refractivity contribution in [3.63, 3.8) is 0 Å². The highest BCUT2D eigenvalue weighted by Gasteiger charge is 2.23. The van der Waals surface area contributed by atoms with Gasteiger partial charge in [-0.05, 0) is 43.2 Å². The molecule has 0 saturated heterocycles. The molecule has 0 aliphatic heterocycles. The van der Waals surface area contributed by atoms with Crippen LogP contribution in [0.1, 0.15) is 49.9 Å². The summed E-state index contributed by atoms with van der Waals surface area (Å²) >= 11 is 1.17. The van der Waals surface area contributed by atoms with Gasteiger partial charge >= 0.3 is 0 Å². The fourth-order valence-electron chi connectivity index (χ4n) is 3.43. The third-order valence-corrected chi connectivity index (χ3v) is 8.47. The maximum absolute atomic E-state index is 13.1. The Morgan fingerprint density at radius 1 is 1.09 bits per heavy atom. The van der Waals surface area contributed by atoms with Crippen molar-refractivity contribution in [1.29, 1.82) is 0 Å². The van der Waals surface area contributed by atoms with E-state index in [9.17, 15) is 23.3 Å². The van der Waals surface area contributed by atoms with E-state index in [1.54, 1.807) is 17.7 Å². The van der Waals surface area contributed by atoms with Crippen molar-refractivity contribution in [2.75, 3.05) is 13.1 Å². The highest BCUT2D eigenvalue weighted by atomic mass is 32.2. The first kappa shape index (κ1) is 25.7. The minimum absolute atomic E-state index is 0.0315. The smallest absolute Gasteiger partial charge is 0.279 e. The summed E-state index contributed by atoms with van der Waals surface area (Å²) in [5, 5.41) is 11.0. The largest absolute Gasteiger partial charge is 0.319 e. The molecule has 0 radical (unpaired) electrons. The number of sulfonamides is 1. The van der Waals surface area contributed by atoms with Gasteiger partial charge in [-0.3, -0.25) is 14.9 Å². The van der Waals surface area contributed by atoms with Crippen LogP contribution in [0.4, 0.5) is 5.69 Å². The highest BCUT2D eigenvalue weighted by Crippen LogP contribution is 2.23. The van der Waals surface area contributed by atoms with Crippen molar-refractivity contribution in [3.05, 3.63) is 62.9 Å². The number of unbranched alkanes of at least 4 members (excludes halogenated alkanes) is 2.